The van der Waals surface area contributed by atoms with Crippen molar-refractivity contribution in [2.45, 2.75) is 38.1 Å². The van der Waals surface area contributed by atoms with E-state index in [4.69, 9.17) is 5.73 Å². The van der Waals surface area contributed by atoms with Gasteiger partial charge in [-0.2, -0.15) is 0 Å². The molecule has 1 aromatic carbocycles. The Hall–Kier alpha value is -1.07. The lowest BCUT2D eigenvalue weighted by Gasteiger charge is -2.25. The van der Waals surface area contributed by atoms with Crippen LogP contribution in [0.25, 0.3) is 0 Å². The molecule has 1 aliphatic rings. The summed E-state index contributed by atoms with van der Waals surface area (Å²) in [6, 6.07) is 7.96. The second-order valence-electron chi connectivity index (χ2n) is 6.19. The van der Waals surface area contributed by atoms with Crippen molar-refractivity contribution in [2.24, 2.45) is 0 Å². The van der Waals surface area contributed by atoms with Crippen molar-refractivity contribution in [2.75, 3.05) is 23.8 Å². The zero-order valence-corrected chi connectivity index (χ0v) is 13.0. The van der Waals surface area contributed by atoms with Crippen molar-refractivity contribution in [3.8, 4) is 0 Å². The molecule has 0 bridgehead atoms. The number of nitrogens with two attached hydrogens (primary N) is 1. The molecule has 0 saturated carbocycles. The lowest BCUT2D eigenvalue weighted by atomic mass is 9.96. The summed E-state index contributed by atoms with van der Waals surface area (Å²) < 4.78 is 23.1. The minimum absolute atomic E-state index is 0.250. The molecule has 1 aliphatic heterocycles. The normalized spacial score (nSPS) is 26.5. The molecule has 112 valence electrons. The maximum atomic E-state index is 11.5. The fourth-order valence-electron chi connectivity index (χ4n) is 2.73. The molecule has 1 fully saturated rings. The Balaban J connectivity index is 1.83. The van der Waals surface area contributed by atoms with Crippen LogP contribution in [0.5, 0.6) is 0 Å². The third-order valence-corrected chi connectivity index (χ3v) is 6.04. The molecular weight excluding hydrogens is 272 g/mol. The summed E-state index contributed by atoms with van der Waals surface area (Å²) in [7, 11) is -2.84. The highest BCUT2D eigenvalue weighted by Gasteiger charge is 2.37. The zero-order chi connectivity index (χ0) is 14.8. The number of rotatable bonds is 5. The van der Waals surface area contributed by atoms with Crippen LogP contribution in [0.2, 0.25) is 0 Å². The Morgan fingerprint density at radius 1 is 1.35 bits per heavy atom. The van der Waals surface area contributed by atoms with Crippen LogP contribution in [-0.4, -0.2) is 32.0 Å². The topological polar surface area (TPSA) is 72.2 Å². The second-order valence-corrected chi connectivity index (χ2v) is 8.37. The monoisotopic (exact) mass is 296 g/mol. The standard InChI is InChI=1S/C15H24N2O2S/c1-12(13-3-5-14(16)6-4-13)7-9-17-15(2)8-10-20(18,19)11-15/h3-6,12,17H,7-11,16H2,1-2H3. The van der Waals surface area contributed by atoms with E-state index in [0.29, 0.717) is 18.1 Å². The third kappa shape index (κ3) is 3.96. The lowest BCUT2D eigenvalue weighted by Crippen LogP contribution is -2.44. The average Bonchev–Trinajstić information content (AvgIpc) is 2.64. The van der Waals surface area contributed by atoms with Gasteiger partial charge in [0.05, 0.1) is 11.5 Å². The van der Waals surface area contributed by atoms with Gasteiger partial charge in [0, 0.05) is 11.2 Å². The Morgan fingerprint density at radius 2 is 2.00 bits per heavy atom. The minimum atomic E-state index is -2.84. The highest BCUT2D eigenvalue weighted by molar-refractivity contribution is 7.91. The van der Waals surface area contributed by atoms with E-state index in [1.807, 2.05) is 19.1 Å². The van der Waals surface area contributed by atoms with Crippen molar-refractivity contribution in [3.05, 3.63) is 29.8 Å². The molecule has 0 aromatic heterocycles. The van der Waals surface area contributed by atoms with E-state index >= 15 is 0 Å². The van der Waals surface area contributed by atoms with Gasteiger partial charge >= 0.3 is 0 Å². The molecule has 0 amide bonds. The molecule has 0 spiro atoms. The molecule has 3 N–H and O–H groups in total. The number of hydrogen-bond donors (Lipinski definition) is 2. The highest BCUT2D eigenvalue weighted by Crippen LogP contribution is 2.24. The van der Waals surface area contributed by atoms with Gasteiger partial charge in [-0.05, 0) is 49.9 Å². The Kier molecular flexibility index (Phi) is 4.39. The van der Waals surface area contributed by atoms with Gasteiger partial charge in [0.15, 0.2) is 9.84 Å². The number of nitrogen functional groups attached to an aromatic ring is 1. The lowest BCUT2D eigenvalue weighted by molar-refractivity contribution is 0.388. The summed E-state index contributed by atoms with van der Waals surface area (Å²) in [4.78, 5) is 0. The first-order valence-electron chi connectivity index (χ1n) is 7.11. The molecule has 5 heteroatoms. The van der Waals surface area contributed by atoms with Crippen molar-refractivity contribution in [1.29, 1.82) is 0 Å². The first-order valence-corrected chi connectivity index (χ1v) is 8.93. The van der Waals surface area contributed by atoms with Crippen molar-refractivity contribution < 1.29 is 8.42 Å². The third-order valence-electron chi connectivity index (χ3n) is 4.14. The van der Waals surface area contributed by atoms with E-state index < -0.39 is 9.84 Å². The zero-order valence-electron chi connectivity index (χ0n) is 12.2. The van der Waals surface area contributed by atoms with E-state index in [1.165, 1.54) is 5.56 Å². The minimum Gasteiger partial charge on any atom is -0.399 e. The average molecular weight is 296 g/mol. The molecular formula is C15H24N2O2S. The predicted molar refractivity (Wildman–Crippen MR) is 83.6 cm³/mol. The van der Waals surface area contributed by atoms with Crippen LogP contribution in [-0.2, 0) is 9.84 Å². The van der Waals surface area contributed by atoms with Crippen molar-refractivity contribution in [1.82, 2.24) is 5.32 Å². The van der Waals surface area contributed by atoms with Gasteiger partial charge in [-0.25, -0.2) is 8.42 Å². The number of hydrogen-bond acceptors (Lipinski definition) is 4. The summed E-state index contributed by atoms with van der Waals surface area (Å²) in [5, 5.41) is 3.42. The molecule has 2 atom stereocenters. The molecule has 4 nitrogen and oxygen atoms in total. The van der Waals surface area contributed by atoms with Gasteiger partial charge in [-0.1, -0.05) is 19.1 Å². The first kappa shape index (κ1) is 15.3. The van der Waals surface area contributed by atoms with Gasteiger partial charge in [-0.15, -0.1) is 0 Å². The SMILES string of the molecule is CC(CCNC1(C)CCS(=O)(=O)C1)c1ccc(N)cc1. The molecule has 2 unspecified atom stereocenters. The van der Waals surface area contributed by atoms with E-state index in [2.05, 4.69) is 24.4 Å². The summed E-state index contributed by atoms with van der Waals surface area (Å²) in [5.41, 5.74) is 7.48. The van der Waals surface area contributed by atoms with E-state index in [-0.39, 0.29) is 11.3 Å². The molecule has 1 saturated heterocycles. The summed E-state index contributed by atoms with van der Waals surface area (Å²) in [5.74, 6) is 1.00. The van der Waals surface area contributed by atoms with Crippen LogP contribution >= 0.6 is 0 Å². The fraction of sp³-hybridized carbons (Fsp3) is 0.600. The van der Waals surface area contributed by atoms with Gasteiger partial charge in [0.25, 0.3) is 0 Å². The Bertz CT molecular complexity index is 554. The Morgan fingerprint density at radius 3 is 2.55 bits per heavy atom. The molecule has 1 aromatic rings. The van der Waals surface area contributed by atoms with Crippen molar-refractivity contribution in [3.63, 3.8) is 0 Å². The number of benzene rings is 1. The number of nitrogens with one attached hydrogen (secondary N) is 1. The van der Waals surface area contributed by atoms with Crippen LogP contribution in [0.15, 0.2) is 24.3 Å². The molecule has 20 heavy (non-hydrogen) atoms. The van der Waals surface area contributed by atoms with Crippen LogP contribution in [0, 0.1) is 0 Å². The highest BCUT2D eigenvalue weighted by atomic mass is 32.2. The molecule has 2 rings (SSSR count). The van der Waals surface area contributed by atoms with Gasteiger partial charge < -0.3 is 11.1 Å². The maximum absolute atomic E-state index is 11.5. The maximum Gasteiger partial charge on any atom is 0.152 e. The quantitative estimate of drug-likeness (QED) is 0.814. The van der Waals surface area contributed by atoms with Crippen LogP contribution in [0.3, 0.4) is 0 Å². The van der Waals surface area contributed by atoms with Gasteiger partial charge in [0.1, 0.15) is 0 Å². The summed E-state index contributed by atoms with van der Waals surface area (Å²) >= 11 is 0. The molecule has 0 radical (unpaired) electrons. The first-order chi connectivity index (χ1) is 9.30. The van der Waals surface area contributed by atoms with E-state index in [0.717, 1.165) is 18.7 Å². The molecule has 0 aliphatic carbocycles. The number of anilines is 1. The van der Waals surface area contributed by atoms with E-state index in [1.54, 1.807) is 0 Å². The Labute approximate surface area is 121 Å². The van der Waals surface area contributed by atoms with Crippen molar-refractivity contribution >= 4 is 15.5 Å². The summed E-state index contributed by atoms with van der Waals surface area (Å²) in [6.45, 7) is 5.02. The van der Waals surface area contributed by atoms with Crippen LogP contribution in [0.4, 0.5) is 5.69 Å². The van der Waals surface area contributed by atoms with Crippen LogP contribution in [0.1, 0.15) is 38.2 Å². The second kappa shape index (κ2) is 5.74. The van der Waals surface area contributed by atoms with Gasteiger partial charge in [0.2, 0.25) is 0 Å². The smallest absolute Gasteiger partial charge is 0.152 e. The van der Waals surface area contributed by atoms with E-state index in [9.17, 15) is 8.42 Å². The fourth-order valence-corrected chi connectivity index (χ4v) is 4.85. The summed E-state index contributed by atoms with van der Waals surface area (Å²) in [6.07, 6.45) is 1.70. The number of sulfone groups is 1. The van der Waals surface area contributed by atoms with Gasteiger partial charge in [-0.3, -0.25) is 0 Å². The predicted octanol–water partition coefficient (Wildman–Crippen LogP) is 1.93. The largest absolute Gasteiger partial charge is 0.399 e. The molecule has 1 heterocycles. The van der Waals surface area contributed by atoms with Crippen LogP contribution < -0.4 is 11.1 Å².